The van der Waals surface area contributed by atoms with Gasteiger partial charge in [0.2, 0.25) is 0 Å². The summed E-state index contributed by atoms with van der Waals surface area (Å²) in [5.41, 5.74) is 1.37. The highest BCUT2D eigenvalue weighted by Gasteiger charge is 2.64. The molecule has 3 aliphatic carbocycles. The van der Waals surface area contributed by atoms with Crippen LogP contribution in [0.2, 0.25) is 0 Å². The summed E-state index contributed by atoms with van der Waals surface area (Å²) in [6, 6.07) is 9.76. The molecule has 0 radical (unpaired) electrons. The van der Waals surface area contributed by atoms with E-state index in [0.717, 1.165) is 35.5 Å². The number of fused-ring (bicyclic) bond motifs is 5. The van der Waals surface area contributed by atoms with Gasteiger partial charge < -0.3 is 10.1 Å². The van der Waals surface area contributed by atoms with Crippen LogP contribution in [0, 0.1) is 23.7 Å². The predicted octanol–water partition coefficient (Wildman–Crippen LogP) is 3.39. The lowest BCUT2D eigenvalue weighted by atomic mass is 10.0. The smallest absolute Gasteiger partial charge is 0.118 e. The number of hydrogen-bond donors (Lipinski definition) is 1. The van der Waals surface area contributed by atoms with Crippen molar-refractivity contribution in [2.45, 2.75) is 38.3 Å². The Morgan fingerprint density at radius 2 is 1.74 bits per heavy atom. The zero-order valence-electron chi connectivity index (χ0n) is 11.8. The molecule has 0 aromatic heterocycles. The fourth-order valence-electron chi connectivity index (χ4n) is 4.83. The van der Waals surface area contributed by atoms with E-state index in [4.69, 9.17) is 4.74 Å². The summed E-state index contributed by atoms with van der Waals surface area (Å²) in [4.78, 5) is 0. The molecule has 0 spiro atoms. The van der Waals surface area contributed by atoms with Gasteiger partial charge in [0.05, 0.1) is 7.11 Å². The number of rotatable bonds is 4. The van der Waals surface area contributed by atoms with Gasteiger partial charge in [-0.3, -0.25) is 0 Å². The van der Waals surface area contributed by atoms with E-state index in [2.05, 4.69) is 36.5 Å². The molecular weight excluding hydrogens is 234 g/mol. The number of benzene rings is 1. The number of hydrogen-bond acceptors (Lipinski definition) is 2. The highest BCUT2D eigenvalue weighted by atomic mass is 16.5. The maximum absolute atomic E-state index is 5.22. The Labute approximate surface area is 115 Å². The topological polar surface area (TPSA) is 21.3 Å². The third kappa shape index (κ3) is 1.80. The molecule has 102 valence electrons. The van der Waals surface area contributed by atoms with Crippen molar-refractivity contribution in [3.05, 3.63) is 29.8 Å². The molecule has 3 aliphatic rings. The van der Waals surface area contributed by atoms with Crippen molar-refractivity contribution in [2.24, 2.45) is 23.7 Å². The molecule has 0 saturated heterocycles. The first kappa shape index (κ1) is 11.8. The lowest BCUT2D eigenvalue weighted by molar-refractivity contribution is 0.413. The van der Waals surface area contributed by atoms with Crippen molar-refractivity contribution in [2.75, 3.05) is 7.11 Å². The minimum Gasteiger partial charge on any atom is -0.497 e. The minimum absolute atomic E-state index is 0.459. The predicted molar refractivity (Wildman–Crippen MR) is 76.1 cm³/mol. The maximum Gasteiger partial charge on any atom is 0.118 e. The van der Waals surface area contributed by atoms with E-state index < -0.39 is 0 Å². The molecule has 1 N–H and O–H groups in total. The van der Waals surface area contributed by atoms with Crippen LogP contribution in [-0.4, -0.2) is 13.2 Å². The summed E-state index contributed by atoms with van der Waals surface area (Å²) < 4.78 is 5.22. The first-order chi connectivity index (χ1) is 9.28. The van der Waals surface area contributed by atoms with E-state index in [9.17, 15) is 0 Å². The third-order valence-corrected chi connectivity index (χ3v) is 5.79. The fraction of sp³-hybridized carbons (Fsp3) is 0.647. The normalized spacial score (nSPS) is 40.0. The number of nitrogens with one attached hydrogen (secondary N) is 1. The van der Waals surface area contributed by atoms with Crippen LogP contribution in [0.5, 0.6) is 5.75 Å². The molecule has 2 heteroatoms. The quantitative estimate of drug-likeness (QED) is 0.892. The molecule has 3 fully saturated rings. The molecule has 4 rings (SSSR count). The molecule has 0 aliphatic heterocycles. The maximum atomic E-state index is 5.22. The second kappa shape index (κ2) is 4.24. The first-order valence-corrected chi connectivity index (χ1v) is 7.68. The van der Waals surface area contributed by atoms with Crippen LogP contribution >= 0.6 is 0 Å². The largest absolute Gasteiger partial charge is 0.497 e. The van der Waals surface area contributed by atoms with Gasteiger partial charge in [0.25, 0.3) is 0 Å². The molecule has 2 bridgehead atoms. The van der Waals surface area contributed by atoms with Crippen molar-refractivity contribution in [3.63, 3.8) is 0 Å². The summed E-state index contributed by atoms with van der Waals surface area (Å²) in [5, 5.41) is 3.87. The number of methoxy groups -OCH3 is 1. The molecule has 0 amide bonds. The highest BCUT2D eigenvalue weighted by molar-refractivity contribution is 5.29. The molecule has 1 aromatic carbocycles. The van der Waals surface area contributed by atoms with Crippen molar-refractivity contribution in [1.29, 1.82) is 0 Å². The van der Waals surface area contributed by atoms with Crippen LogP contribution in [0.1, 0.15) is 37.8 Å². The van der Waals surface area contributed by atoms with E-state index in [0.29, 0.717) is 6.04 Å². The van der Waals surface area contributed by atoms with Crippen LogP contribution in [-0.2, 0) is 0 Å². The Hall–Kier alpha value is -1.02. The lowest BCUT2D eigenvalue weighted by Crippen LogP contribution is -2.26. The van der Waals surface area contributed by atoms with Crippen molar-refractivity contribution in [3.8, 4) is 5.75 Å². The molecule has 2 nitrogen and oxygen atoms in total. The Morgan fingerprint density at radius 3 is 2.32 bits per heavy atom. The Bertz CT molecular complexity index is 453. The second-order valence-corrected chi connectivity index (χ2v) is 6.68. The van der Waals surface area contributed by atoms with Gasteiger partial charge in [0, 0.05) is 12.1 Å². The highest BCUT2D eigenvalue weighted by Crippen LogP contribution is 2.65. The summed E-state index contributed by atoms with van der Waals surface area (Å²) >= 11 is 0. The van der Waals surface area contributed by atoms with Crippen LogP contribution in [0.3, 0.4) is 0 Å². The van der Waals surface area contributed by atoms with Gasteiger partial charge in [0.1, 0.15) is 5.75 Å². The lowest BCUT2D eigenvalue weighted by Gasteiger charge is -2.17. The zero-order valence-corrected chi connectivity index (χ0v) is 11.8. The van der Waals surface area contributed by atoms with Gasteiger partial charge in [0.15, 0.2) is 0 Å². The van der Waals surface area contributed by atoms with Gasteiger partial charge in [-0.05, 0) is 67.6 Å². The van der Waals surface area contributed by atoms with Gasteiger partial charge in [-0.15, -0.1) is 0 Å². The summed E-state index contributed by atoms with van der Waals surface area (Å²) in [6.07, 6.45) is 4.53. The monoisotopic (exact) mass is 257 g/mol. The molecule has 1 aromatic rings. The van der Waals surface area contributed by atoms with Crippen molar-refractivity contribution >= 4 is 0 Å². The summed E-state index contributed by atoms with van der Waals surface area (Å²) in [6.45, 7) is 2.29. The second-order valence-electron chi connectivity index (χ2n) is 6.68. The average molecular weight is 257 g/mol. The molecule has 5 unspecified atom stereocenters. The van der Waals surface area contributed by atoms with Gasteiger partial charge >= 0.3 is 0 Å². The van der Waals surface area contributed by atoms with E-state index in [1.54, 1.807) is 7.11 Å². The Morgan fingerprint density at radius 1 is 1.11 bits per heavy atom. The van der Waals surface area contributed by atoms with Gasteiger partial charge in [-0.1, -0.05) is 12.1 Å². The molecule has 0 heterocycles. The average Bonchev–Trinajstić information content (AvgIpc) is 2.85. The van der Waals surface area contributed by atoms with Crippen LogP contribution in [0.15, 0.2) is 24.3 Å². The van der Waals surface area contributed by atoms with Crippen LogP contribution < -0.4 is 10.1 Å². The molecule has 19 heavy (non-hydrogen) atoms. The summed E-state index contributed by atoms with van der Waals surface area (Å²) in [5.74, 6) is 5.07. The van der Waals surface area contributed by atoms with Crippen molar-refractivity contribution in [1.82, 2.24) is 5.32 Å². The first-order valence-electron chi connectivity index (χ1n) is 7.68. The van der Waals surface area contributed by atoms with Gasteiger partial charge in [-0.2, -0.15) is 0 Å². The summed E-state index contributed by atoms with van der Waals surface area (Å²) in [7, 11) is 1.72. The van der Waals surface area contributed by atoms with Crippen LogP contribution in [0.25, 0.3) is 0 Å². The number of ether oxygens (including phenoxy) is 1. The molecule has 3 saturated carbocycles. The standard InChI is InChI=1S/C17H23NO/c1-10(11-5-7-14(19-2)8-6-11)18-17-15-12-3-4-13(9-12)16(15)17/h5-8,10,12-13,15-18H,3-4,9H2,1-2H3. The molecule has 5 atom stereocenters. The van der Waals surface area contributed by atoms with Crippen molar-refractivity contribution < 1.29 is 4.74 Å². The fourth-order valence-corrected chi connectivity index (χ4v) is 4.83. The SMILES string of the molecule is COc1ccc(C(C)NC2C3C4CCC(C4)C23)cc1. The zero-order chi connectivity index (χ0) is 13.0. The van der Waals surface area contributed by atoms with E-state index in [1.807, 2.05) is 0 Å². The minimum atomic E-state index is 0.459. The van der Waals surface area contributed by atoms with E-state index in [1.165, 1.54) is 24.8 Å². The van der Waals surface area contributed by atoms with Gasteiger partial charge in [-0.25, -0.2) is 0 Å². The Kier molecular flexibility index (Phi) is 2.63. The molecular formula is C17H23NO. The van der Waals surface area contributed by atoms with E-state index >= 15 is 0 Å². The van der Waals surface area contributed by atoms with E-state index in [-0.39, 0.29) is 0 Å². The third-order valence-electron chi connectivity index (χ3n) is 5.79. The van der Waals surface area contributed by atoms with Crippen LogP contribution in [0.4, 0.5) is 0 Å². The Balaban J connectivity index is 1.41.